The van der Waals surface area contributed by atoms with E-state index in [9.17, 15) is 9.59 Å². The molecule has 0 fully saturated rings. The third-order valence-corrected chi connectivity index (χ3v) is 2.70. The summed E-state index contributed by atoms with van der Waals surface area (Å²) < 4.78 is 4.53. The first-order valence-electron chi connectivity index (χ1n) is 5.69. The number of carboxylic acid groups (broad SMARTS) is 1. The van der Waals surface area contributed by atoms with Crippen LogP contribution in [0.1, 0.15) is 22.5 Å². The number of fused-ring (bicyclic) bond motifs is 1. The normalized spacial score (nSPS) is 11.0. The molecule has 0 radical (unpaired) electrons. The van der Waals surface area contributed by atoms with Crippen LogP contribution in [0.15, 0.2) is 30.3 Å². The minimum Gasteiger partial charge on any atom is -0.477 e. The minimum atomic E-state index is -0.987. The second kappa shape index (κ2) is 5.39. The Morgan fingerprint density at radius 2 is 2.16 bits per heavy atom. The van der Waals surface area contributed by atoms with Gasteiger partial charge >= 0.3 is 11.9 Å². The predicted molar refractivity (Wildman–Crippen MR) is 70.9 cm³/mol. The zero-order valence-corrected chi connectivity index (χ0v) is 10.3. The second-order valence-electron chi connectivity index (χ2n) is 4.02. The summed E-state index contributed by atoms with van der Waals surface area (Å²) in [6.07, 6.45) is 3.71. The number of methoxy groups -OCH3 is 1. The summed E-state index contributed by atoms with van der Waals surface area (Å²) in [6.45, 7) is 0. The van der Waals surface area contributed by atoms with Crippen LogP contribution in [0.4, 0.5) is 0 Å². The highest BCUT2D eigenvalue weighted by Gasteiger charge is 2.06. The van der Waals surface area contributed by atoms with Crippen LogP contribution in [0.25, 0.3) is 17.0 Å². The van der Waals surface area contributed by atoms with Crippen molar-refractivity contribution >= 4 is 28.9 Å². The lowest BCUT2D eigenvalue weighted by atomic mass is 10.1. The molecule has 0 atom stereocenters. The van der Waals surface area contributed by atoms with Crippen LogP contribution >= 0.6 is 0 Å². The van der Waals surface area contributed by atoms with Gasteiger partial charge in [0.25, 0.3) is 0 Å². The highest BCUT2D eigenvalue weighted by Crippen LogP contribution is 2.18. The lowest BCUT2D eigenvalue weighted by molar-refractivity contribution is -0.139. The maximum Gasteiger partial charge on any atom is 0.352 e. The van der Waals surface area contributed by atoms with E-state index in [2.05, 4.69) is 9.72 Å². The summed E-state index contributed by atoms with van der Waals surface area (Å²) in [5.41, 5.74) is 1.82. The molecule has 0 spiro atoms. The molecule has 0 bridgehead atoms. The summed E-state index contributed by atoms with van der Waals surface area (Å²) >= 11 is 0. The summed E-state index contributed by atoms with van der Waals surface area (Å²) in [5.74, 6) is -1.29. The van der Waals surface area contributed by atoms with Crippen molar-refractivity contribution < 1.29 is 19.4 Å². The maximum atomic E-state index is 10.9. The largest absolute Gasteiger partial charge is 0.477 e. The molecule has 1 aromatic heterocycles. The number of hydrogen-bond acceptors (Lipinski definition) is 3. The number of aromatic amines is 1. The van der Waals surface area contributed by atoms with Gasteiger partial charge in [0.2, 0.25) is 0 Å². The zero-order valence-electron chi connectivity index (χ0n) is 10.3. The number of hydrogen-bond donors (Lipinski definition) is 2. The third kappa shape index (κ3) is 3.01. The zero-order chi connectivity index (χ0) is 13.8. The quantitative estimate of drug-likeness (QED) is 0.826. The molecular formula is C14H13NO4. The lowest BCUT2D eigenvalue weighted by Crippen LogP contribution is -1.96. The number of esters is 1. The topological polar surface area (TPSA) is 79.4 Å². The Morgan fingerprint density at radius 3 is 2.84 bits per heavy atom. The highest BCUT2D eigenvalue weighted by atomic mass is 16.5. The predicted octanol–water partition coefficient (Wildman–Crippen LogP) is 2.44. The van der Waals surface area contributed by atoms with E-state index in [1.807, 2.05) is 12.1 Å². The fourth-order valence-electron chi connectivity index (χ4n) is 1.74. The van der Waals surface area contributed by atoms with Crippen LogP contribution in [0, 0.1) is 0 Å². The summed E-state index contributed by atoms with van der Waals surface area (Å²) in [5, 5.41) is 9.71. The van der Waals surface area contributed by atoms with Crippen molar-refractivity contribution in [1.29, 1.82) is 0 Å². The van der Waals surface area contributed by atoms with E-state index in [0.717, 1.165) is 16.5 Å². The Bertz CT molecular complexity index is 655. The van der Waals surface area contributed by atoms with Crippen LogP contribution in [0.5, 0.6) is 0 Å². The molecule has 98 valence electrons. The number of carboxylic acids is 1. The SMILES string of the molecule is COC(=O)CC=Cc1ccc2[nH]c(C(=O)O)cc2c1. The van der Waals surface area contributed by atoms with Gasteiger partial charge in [-0.1, -0.05) is 18.2 Å². The highest BCUT2D eigenvalue weighted by molar-refractivity contribution is 5.94. The number of nitrogens with one attached hydrogen (secondary N) is 1. The molecule has 0 amide bonds. The maximum absolute atomic E-state index is 10.9. The van der Waals surface area contributed by atoms with E-state index in [4.69, 9.17) is 5.11 Å². The molecular weight excluding hydrogens is 246 g/mol. The number of aromatic carboxylic acids is 1. The standard InChI is InChI=1S/C14H13NO4/c1-19-13(16)4-2-3-9-5-6-11-10(7-9)8-12(15-11)14(17)18/h2-3,5-8,15H,4H2,1H3,(H,17,18). The van der Waals surface area contributed by atoms with E-state index in [-0.39, 0.29) is 18.1 Å². The van der Waals surface area contributed by atoms with Crippen molar-refractivity contribution in [2.75, 3.05) is 7.11 Å². The first-order valence-corrected chi connectivity index (χ1v) is 5.69. The Balaban J connectivity index is 2.21. The third-order valence-electron chi connectivity index (χ3n) is 2.70. The van der Waals surface area contributed by atoms with Gasteiger partial charge in [0.1, 0.15) is 5.69 Å². The summed E-state index contributed by atoms with van der Waals surface area (Å²) in [7, 11) is 1.34. The van der Waals surface area contributed by atoms with Crippen molar-refractivity contribution in [3.8, 4) is 0 Å². The van der Waals surface area contributed by atoms with Crippen molar-refractivity contribution in [2.45, 2.75) is 6.42 Å². The molecule has 1 aromatic carbocycles. The van der Waals surface area contributed by atoms with Crippen molar-refractivity contribution in [3.63, 3.8) is 0 Å². The number of carbonyl (C=O) groups is 2. The van der Waals surface area contributed by atoms with Gasteiger partial charge in [0.05, 0.1) is 13.5 Å². The molecule has 2 aromatic rings. The second-order valence-corrected chi connectivity index (χ2v) is 4.02. The van der Waals surface area contributed by atoms with Crippen LogP contribution in [-0.4, -0.2) is 29.1 Å². The first kappa shape index (κ1) is 12.9. The Morgan fingerprint density at radius 1 is 1.37 bits per heavy atom. The minimum absolute atomic E-state index is 0.158. The Kier molecular flexibility index (Phi) is 3.66. The van der Waals surface area contributed by atoms with Gasteiger partial charge in [-0.25, -0.2) is 4.79 Å². The van der Waals surface area contributed by atoms with Gasteiger partial charge in [-0.05, 0) is 23.8 Å². The van der Waals surface area contributed by atoms with Gasteiger partial charge in [0, 0.05) is 10.9 Å². The fraction of sp³-hybridized carbons (Fsp3) is 0.143. The number of aromatic nitrogens is 1. The molecule has 0 saturated carbocycles. The van der Waals surface area contributed by atoms with Gasteiger partial charge in [-0.2, -0.15) is 0 Å². The summed E-state index contributed by atoms with van der Waals surface area (Å²) in [4.78, 5) is 24.6. The van der Waals surface area contributed by atoms with Crippen LogP contribution < -0.4 is 0 Å². The van der Waals surface area contributed by atoms with Crippen LogP contribution in [0.3, 0.4) is 0 Å². The number of rotatable bonds is 4. The fourth-order valence-corrected chi connectivity index (χ4v) is 1.74. The van der Waals surface area contributed by atoms with Gasteiger partial charge in [0.15, 0.2) is 0 Å². The molecule has 5 heteroatoms. The van der Waals surface area contributed by atoms with Crippen molar-refractivity contribution in [2.24, 2.45) is 0 Å². The first-order chi connectivity index (χ1) is 9.10. The van der Waals surface area contributed by atoms with Crippen LogP contribution in [0.2, 0.25) is 0 Å². The molecule has 0 unspecified atom stereocenters. The number of H-pyrrole nitrogens is 1. The average Bonchev–Trinajstić information content (AvgIpc) is 2.81. The van der Waals surface area contributed by atoms with Gasteiger partial charge < -0.3 is 14.8 Å². The molecule has 2 rings (SSSR count). The van der Waals surface area contributed by atoms with Crippen molar-refractivity contribution in [1.82, 2.24) is 4.98 Å². The van der Waals surface area contributed by atoms with E-state index >= 15 is 0 Å². The number of benzene rings is 1. The van der Waals surface area contributed by atoms with Gasteiger partial charge in [-0.3, -0.25) is 4.79 Å². The molecule has 0 saturated heterocycles. The number of ether oxygens (including phenoxy) is 1. The van der Waals surface area contributed by atoms with E-state index in [1.54, 1.807) is 24.3 Å². The van der Waals surface area contributed by atoms with E-state index in [1.165, 1.54) is 7.11 Å². The Labute approximate surface area is 109 Å². The van der Waals surface area contributed by atoms with Gasteiger partial charge in [-0.15, -0.1) is 0 Å². The molecule has 2 N–H and O–H groups in total. The Hall–Kier alpha value is -2.56. The van der Waals surface area contributed by atoms with Crippen LogP contribution in [-0.2, 0) is 9.53 Å². The van der Waals surface area contributed by atoms with E-state index in [0.29, 0.717) is 0 Å². The molecule has 5 nitrogen and oxygen atoms in total. The van der Waals surface area contributed by atoms with Crippen molar-refractivity contribution in [3.05, 3.63) is 41.6 Å². The molecule has 0 aliphatic heterocycles. The molecule has 0 aliphatic carbocycles. The smallest absolute Gasteiger partial charge is 0.352 e. The monoisotopic (exact) mass is 259 g/mol. The van der Waals surface area contributed by atoms with E-state index < -0.39 is 5.97 Å². The summed E-state index contributed by atoms with van der Waals surface area (Å²) in [6, 6.07) is 7.08. The average molecular weight is 259 g/mol. The number of carbonyl (C=O) groups excluding carboxylic acids is 1. The molecule has 0 aliphatic rings. The molecule has 1 heterocycles. The molecule has 19 heavy (non-hydrogen) atoms. The lowest BCUT2D eigenvalue weighted by Gasteiger charge is -1.95.